The van der Waals surface area contributed by atoms with Gasteiger partial charge in [0.05, 0.1) is 10.6 Å². The van der Waals surface area contributed by atoms with E-state index in [2.05, 4.69) is 10.4 Å². The zero-order chi connectivity index (χ0) is 28.8. The number of phenols is 1. The third-order valence-corrected chi connectivity index (χ3v) is 8.32. The molecule has 0 spiro atoms. The fourth-order valence-corrected chi connectivity index (χ4v) is 5.74. The lowest BCUT2D eigenvalue weighted by Crippen LogP contribution is -2.19. The number of rotatable bonds is 5. The summed E-state index contributed by atoms with van der Waals surface area (Å²) in [6.45, 7) is 12.2. The number of aromatic nitrogens is 2. The monoisotopic (exact) mass is 552 g/mol. The number of carbonyl (C=O) groups is 1. The highest BCUT2D eigenvalue weighted by atomic mass is 32.2. The molecule has 0 atom stereocenters. The molecule has 4 N–H and O–H groups in total. The van der Waals surface area contributed by atoms with E-state index in [1.54, 1.807) is 16.8 Å². The van der Waals surface area contributed by atoms with E-state index in [0.717, 1.165) is 42.5 Å². The Labute approximate surface area is 231 Å². The average Bonchev–Trinajstić information content (AvgIpc) is 3.29. The Balaban J connectivity index is 1.74. The maximum atomic E-state index is 13.5. The topological polar surface area (TPSA) is 127 Å². The van der Waals surface area contributed by atoms with Gasteiger partial charge in [0.15, 0.2) is 5.69 Å². The van der Waals surface area contributed by atoms with Gasteiger partial charge < -0.3 is 10.4 Å². The van der Waals surface area contributed by atoms with Gasteiger partial charge in [0.2, 0.25) is 10.0 Å². The number of hydrogen-bond acceptors (Lipinski definition) is 5. The number of anilines is 1. The first-order valence-corrected chi connectivity index (χ1v) is 15.0. The molecule has 1 heterocycles. The Hall–Kier alpha value is -3.17. The van der Waals surface area contributed by atoms with Crippen LogP contribution in [0.15, 0.2) is 47.4 Å². The standard InChI is InChI=1S/C30H40N4O4S/c1-29(2,3)23-16-20(17-24(27(23)35)30(4,5)6)32-28(36)25-18-26(19-10-8-7-9-11-19)34(33-25)21-12-14-22(15-13-21)39(31,37)38/h12-19,35H,7-11H2,1-6H3,(H,32,36)(H2,31,37,38). The van der Waals surface area contributed by atoms with Crippen LogP contribution < -0.4 is 10.5 Å². The van der Waals surface area contributed by atoms with Crippen LogP contribution in [0.2, 0.25) is 0 Å². The van der Waals surface area contributed by atoms with E-state index < -0.39 is 10.0 Å². The minimum Gasteiger partial charge on any atom is -0.507 e. The minimum absolute atomic E-state index is 0.0206. The molecule has 1 fully saturated rings. The van der Waals surface area contributed by atoms with Crippen LogP contribution in [-0.2, 0) is 20.9 Å². The van der Waals surface area contributed by atoms with E-state index in [1.165, 1.54) is 18.6 Å². The van der Waals surface area contributed by atoms with Crippen molar-refractivity contribution < 1.29 is 18.3 Å². The summed E-state index contributed by atoms with van der Waals surface area (Å²) in [4.78, 5) is 13.6. The van der Waals surface area contributed by atoms with E-state index in [-0.39, 0.29) is 39.0 Å². The number of nitrogens with two attached hydrogens (primary N) is 1. The van der Waals surface area contributed by atoms with Crippen molar-refractivity contribution in [2.75, 3.05) is 5.32 Å². The quantitative estimate of drug-likeness (QED) is 0.329. The van der Waals surface area contributed by atoms with E-state index >= 15 is 0 Å². The molecule has 8 nitrogen and oxygen atoms in total. The van der Waals surface area contributed by atoms with Gasteiger partial charge in [-0.2, -0.15) is 5.10 Å². The third-order valence-electron chi connectivity index (χ3n) is 7.39. The average molecular weight is 553 g/mol. The molecule has 1 amide bonds. The van der Waals surface area contributed by atoms with Crippen molar-refractivity contribution in [3.63, 3.8) is 0 Å². The third kappa shape index (κ3) is 6.36. The number of primary sulfonamides is 1. The number of amides is 1. The lowest BCUT2D eigenvalue weighted by molar-refractivity contribution is 0.102. The number of nitrogens with zero attached hydrogens (tertiary/aromatic N) is 2. The smallest absolute Gasteiger partial charge is 0.276 e. The van der Waals surface area contributed by atoms with Crippen molar-refractivity contribution in [1.82, 2.24) is 9.78 Å². The molecule has 1 aliphatic rings. The Kier molecular flexibility index (Phi) is 7.71. The van der Waals surface area contributed by atoms with Crippen LogP contribution in [0.5, 0.6) is 5.75 Å². The highest BCUT2D eigenvalue weighted by Crippen LogP contribution is 2.41. The highest BCUT2D eigenvalue weighted by Gasteiger charge is 2.28. The van der Waals surface area contributed by atoms with E-state index in [9.17, 15) is 18.3 Å². The fraction of sp³-hybridized carbons (Fsp3) is 0.467. The van der Waals surface area contributed by atoms with Crippen LogP contribution >= 0.6 is 0 Å². The second-order valence-corrected chi connectivity index (χ2v) is 14.2. The van der Waals surface area contributed by atoms with Crippen molar-refractivity contribution in [2.24, 2.45) is 5.14 Å². The van der Waals surface area contributed by atoms with Crippen molar-refractivity contribution in [3.8, 4) is 11.4 Å². The summed E-state index contributed by atoms with van der Waals surface area (Å²) < 4.78 is 25.2. The number of hydrogen-bond donors (Lipinski definition) is 3. The Morgan fingerprint density at radius 1 is 0.949 bits per heavy atom. The molecule has 9 heteroatoms. The summed E-state index contributed by atoms with van der Waals surface area (Å²) in [6.07, 6.45) is 5.42. The zero-order valence-corrected chi connectivity index (χ0v) is 24.5. The van der Waals surface area contributed by atoms with E-state index in [0.29, 0.717) is 11.4 Å². The first-order chi connectivity index (χ1) is 18.1. The predicted octanol–water partition coefficient (Wildman–Crippen LogP) is 6.12. The number of nitrogens with one attached hydrogen (secondary N) is 1. The second kappa shape index (κ2) is 10.4. The van der Waals surface area contributed by atoms with Crippen LogP contribution in [0.3, 0.4) is 0 Å². The summed E-state index contributed by atoms with van der Waals surface area (Å²) in [5, 5.41) is 24.0. The molecular weight excluding hydrogens is 512 g/mol. The van der Waals surface area contributed by atoms with Gasteiger partial charge in [0.1, 0.15) is 5.75 Å². The molecule has 2 aromatic carbocycles. The van der Waals surface area contributed by atoms with E-state index in [1.807, 2.05) is 59.7 Å². The fourth-order valence-electron chi connectivity index (χ4n) is 5.22. The molecule has 1 aromatic heterocycles. The molecule has 1 saturated carbocycles. The predicted molar refractivity (Wildman–Crippen MR) is 154 cm³/mol. The van der Waals surface area contributed by atoms with Gasteiger partial charge in [-0.25, -0.2) is 18.2 Å². The molecule has 0 saturated heterocycles. The summed E-state index contributed by atoms with van der Waals surface area (Å²) >= 11 is 0. The lowest BCUT2D eigenvalue weighted by Gasteiger charge is -2.28. The molecule has 0 radical (unpaired) electrons. The van der Waals surface area contributed by atoms with Crippen molar-refractivity contribution in [3.05, 3.63) is 65.0 Å². The molecule has 39 heavy (non-hydrogen) atoms. The molecule has 0 bridgehead atoms. The highest BCUT2D eigenvalue weighted by molar-refractivity contribution is 7.89. The van der Waals surface area contributed by atoms with E-state index in [4.69, 9.17) is 5.14 Å². The van der Waals surface area contributed by atoms with Crippen molar-refractivity contribution in [1.29, 1.82) is 0 Å². The van der Waals surface area contributed by atoms with Crippen LogP contribution in [0.1, 0.15) is 107 Å². The van der Waals surface area contributed by atoms with Crippen LogP contribution in [-0.4, -0.2) is 29.2 Å². The number of phenolic OH excluding ortho intramolecular Hbond substituents is 1. The molecule has 4 rings (SSSR count). The van der Waals surface area contributed by atoms with Gasteiger partial charge in [-0.3, -0.25) is 4.79 Å². The Morgan fingerprint density at radius 3 is 1.97 bits per heavy atom. The van der Waals surface area contributed by atoms with Gasteiger partial charge in [0.25, 0.3) is 5.91 Å². The number of carbonyl (C=O) groups excluding carboxylic acids is 1. The molecular formula is C30H40N4O4S. The molecule has 0 unspecified atom stereocenters. The van der Waals surface area contributed by atoms with Crippen molar-refractivity contribution >= 4 is 21.6 Å². The van der Waals surface area contributed by atoms with Crippen LogP contribution in [0.25, 0.3) is 5.69 Å². The van der Waals surface area contributed by atoms with Crippen LogP contribution in [0.4, 0.5) is 5.69 Å². The summed E-state index contributed by atoms with van der Waals surface area (Å²) in [6, 6.07) is 11.7. The first-order valence-electron chi connectivity index (χ1n) is 13.5. The van der Waals surface area contributed by atoms with Gasteiger partial charge in [0, 0.05) is 28.4 Å². The van der Waals surface area contributed by atoms with Crippen LogP contribution in [0, 0.1) is 0 Å². The number of aromatic hydroxyl groups is 1. The SMILES string of the molecule is CC(C)(C)c1cc(NC(=O)c2cc(C3CCCCC3)n(-c3ccc(S(N)(=O)=O)cc3)n2)cc(C(C)(C)C)c1O. The Bertz CT molecular complexity index is 1440. The molecule has 3 aromatic rings. The first kappa shape index (κ1) is 28.8. The normalized spacial score (nSPS) is 15.4. The maximum Gasteiger partial charge on any atom is 0.276 e. The maximum absolute atomic E-state index is 13.5. The largest absolute Gasteiger partial charge is 0.507 e. The second-order valence-electron chi connectivity index (χ2n) is 12.6. The molecule has 1 aliphatic carbocycles. The zero-order valence-electron chi connectivity index (χ0n) is 23.7. The summed E-state index contributed by atoms with van der Waals surface area (Å²) in [7, 11) is -3.82. The van der Waals surface area contributed by atoms with Crippen molar-refractivity contribution in [2.45, 2.75) is 95.3 Å². The summed E-state index contributed by atoms with van der Waals surface area (Å²) in [5.41, 5.74) is 3.32. The molecule has 210 valence electrons. The van der Waals surface area contributed by atoms with Gasteiger partial charge in [-0.1, -0.05) is 60.8 Å². The Morgan fingerprint density at radius 2 is 1.49 bits per heavy atom. The minimum atomic E-state index is -3.82. The number of sulfonamides is 1. The summed E-state index contributed by atoms with van der Waals surface area (Å²) in [5.74, 6) is 0.150. The lowest BCUT2D eigenvalue weighted by atomic mass is 9.79. The van der Waals surface area contributed by atoms with Gasteiger partial charge in [-0.15, -0.1) is 0 Å². The molecule has 0 aliphatic heterocycles. The van der Waals surface area contributed by atoms with Gasteiger partial charge >= 0.3 is 0 Å². The number of benzene rings is 2. The van der Waals surface area contributed by atoms with Gasteiger partial charge in [-0.05, 0) is 66.1 Å².